The second kappa shape index (κ2) is 4.02. The average Bonchev–Trinajstić information content (AvgIpc) is 2.58. The fourth-order valence-electron chi connectivity index (χ4n) is 1.97. The van der Waals surface area contributed by atoms with Crippen LogP contribution >= 0.6 is 0 Å². The number of ether oxygens (including phenoxy) is 2. The molecule has 0 amide bonds. The average molecular weight is 260 g/mol. The fraction of sp³-hybridized carbons (Fsp3) is 0.429. The molecule has 5 heteroatoms. The molecule has 3 rings (SSSR count). The van der Waals surface area contributed by atoms with Crippen LogP contribution in [-0.2, 0) is 9.31 Å². The summed E-state index contributed by atoms with van der Waals surface area (Å²) in [7, 11) is -0.543. The molecule has 0 spiro atoms. The number of para-hydroxylation sites is 2. The van der Waals surface area contributed by atoms with Gasteiger partial charge in [0.15, 0.2) is 17.2 Å². The Kier molecular flexibility index (Phi) is 2.66. The summed E-state index contributed by atoms with van der Waals surface area (Å²) in [6, 6.07) is 7.51. The molecule has 1 fully saturated rings. The van der Waals surface area contributed by atoms with Crippen LogP contribution in [0.1, 0.15) is 27.7 Å². The first kappa shape index (κ1) is 12.6. The van der Waals surface area contributed by atoms with E-state index in [0.717, 1.165) is 0 Å². The van der Waals surface area contributed by atoms with Gasteiger partial charge in [0.2, 0.25) is 0 Å². The first-order chi connectivity index (χ1) is 8.89. The van der Waals surface area contributed by atoms with E-state index in [4.69, 9.17) is 18.8 Å². The molecular formula is C14H17BO4. The Bertz CT molecular complexity index is 520. The lowest BCUT2D eigenvalue weighted by molar-refractivity contribution is 0.00578. The van der Waals surface area contributed by atoms with Gasteiger partial charge in [-0.25, -0.2) is 0 Å². The zero-order valence-electron chi connectivity index (χ0n) is 11.6. The molecular weight excluding hydrogens is 243 g/mol. The van der Waals surface area contributed by atoms with Crippen molar-refractivity contribution >= 4 is 7.12 Å². The Hall–Kier alpha value is -1.46. The van der Waals surface area contributed by atoms with Gasteiger partial charge in [-0.05, 0) is 39.8 Å². The molecule has 100 valence electrons. The molecule has 2 aliphatic rings. The molecule has 0 aromatic heterocycles. The topological polar surface area (TPSA) is 36.9 Å². The minimum absolute atomic E-state index is 0.390. The van der Waals surface area contributed by atoms with Crippen molar-refractivity contribution < 1.29 is 18.8 Å². The van der Waals surface area contributed by atoms with Crippen LogP contribution in [0, 0.1) is 0 Å². The second-order valence-corrected chi connectivity index (χ2v) is 5.78. The van der Waals surface area contributed by atoms with E-state index in [1.165, 1.54) is 0 Å². The molecule has 2 heterocycles. The maximum Gasteiger partial charge on any atom is 0.536 e. The minimum atomic E-state index is -0.543. The lowest BCUT2D eigenvalue weighted by atomic mass is 9.87. The third-order valence-electron chi connectivity index (χ3n) is 3.86. The van der Waals surface area contributed by atoms with E-state index in [-0.39, 0.29) is 0 Å². The molecule has 1 aromatic rings. The highest BCUT2D eigenvalue weighted by Crippen LogP contribution is 2.40. The maximum absolute atomic E-state index is 5.92. The van der Waals surface area contributed by atoms with Crippen molar-refractivity contribution in [2.24, 2.45) is 0 Å². The van der Waals surface area contributed by atoms with Gasteiger partial charge in [0.05, 0.1) is 11.2 Å². The first-order valence-corrected chi connectivity index (χ1v) is 6.38. The first-order valence-electron chi connectivity index (χ1n) is 6.38. The van der Waals surface area contributed by atoms with Gasteiger partial charge in [0.25, 0.3) is 0 Å². The molecule has 1 saturated heterocycles. The molecule has 0 saturated carbocycles. The van der Waals surface area contributed by atoms with Gasteiger partial charge in [-0.15, -0.1) is 0 Å². The van der Waals surface area contributed by atoms with Crippen LogP contribution in [0.15, 0.2) is 36.2 Å². The molecule has 0 N–H and O–H groups in total. The molecule has 1 aromatic carbocycles. The summed E-state index contributed by atoms with van der Waals surface area (Å²) in [6.45, 7) is 8.02. The van der Waals surface area contributed by atoms with Crippen molar-refractivity contribution in [2.45, 2.75) is 38.9 Å². The highest BCUT2D eigenvalue weighted by Gasteiger charge is 2.54. The smallest absolute Gasteiger partial charge is 0.458 e. The van der Waals surface area contributed by atoms with Gasteiger partial charge >= 0.3 is 7.12 Å². The predicted molar refractivity (Wildman–Crippen MR) is 71.9 cm³/mol. The number of rotatable bonds is 1. The second-order valence-electron chi connectivity index (χ2n) is 5.78. The summed E-state index contributed by atoms with van der Waals surface area (Å²) < 4.78 is 23.2. The van der Waals surface area contributed by atoms with E-state index in [9.17, 15) is 0 Å². The van der Waals surface area contributed by atoms with Crippen LogP contribution in [0.3, 0.4) is 0 Å². The predicted octanol–water partition coefficient (Wildman–Crippen LogP) is 2.93. The quantitative estimate of drug-likeness (QED) is 0.727. The summed E-state index contributed by atoms with van der Waals surface area (Å²) in [5.74, 6) is 1.37. The van der Waals surface area contributed by atoms with Crippen molar-refractivity contribution in [3.8, 4) is 11.5 Å². The largest absolute Gasteiger partial charge is 0.536 e. The standard InChI is InChI=1S/C14H17BO4/c1-13(2)14(3,4)19-15(18-13)12-9-16-10-7-5-6-8-11(10)17-12/h5-9H,1-4H3. The molecule has 0 radical (unpaired) electrons. The third kappa shape index (κ3) is 2.03. The van der Waals surface area contributed by atoms with Gasteiger partial charge in [0, 0.05) is 0 Å². The molecule has 2 aliphatic heterocycles. The van der Waals surface area contributed by atoms with Crippen molar-refractivity contribution in [1.82, 2.24) is 0 Å². The maximum atomic E-state index is 5.92. The van der Waals surface area contributed by atoms with Crippen molar-refractivity contribution in [3.63, 3.8) is 0 Å². The summed E-state index contributed by atoms with van der Waals surface area (Å²) in [4.78, 5) is 0. The van der Waals surface area contributed by atoms with Crippen LogP contribution in [-0.4, -0.2) is 18.3 Å². The molecule has 0 atom stereocenters. The van der Waals surface area contributed by atoms with Gasteiger partial charge in [-0.1, -0.05) is 12.1 Å². The summed E-state index contributed by atoms with van der Waals surface area (Å²) in [5.41, 5.74) is -0.241. The van der Waals surface area contributed by atoms with Gasteiger partial charge in [0.1, 0.15) is 6.26 Å². The molecule has 0 bridgehead atoms. The van der Waals surface area contributed by atoms with Gasteiger partial charge < -0.3 is 18.8 Å². The normalized spacial score (nSPS) is 23.2. The SMILES string of the molecule is CC1(C)OB(C2=COc3ccccc3O2)OC1(C)C. The van der Waals surface area contributed by atoms with Crippen LogP contribution < -0.4 is 9.47 Å². The summed E-state index contributed by atoms with van der Waals surface area (Å²) >= 11 is 0. The zero-order chi connectivity index (χ0) is 13.7. The molecule has 0 aliphatic carbocycles. The summed E-state index contributed by atoms with van der Waals surface area (Å²) in [5, 5.41) is 0. The van der Waals surface area contributed by atoms with E-state index < -0.39 is 18.3 Å². The Morgan fingerprint density at radius 1 is 0.895 bits per heavy atom. The van der Waals surface area contributed by atoms with Gasteiger partial charge in [-0.2, -0.15) is 0 Å². The van der Waals surface area contributed by atoms with Gasteiger partial charge in [-0.3, -0.25) is 0 Å². The highest BCUT2D eigenvalue weighted by atomic mass is 16.7. The molecule has 0 unspecified atom stereocenters. The van der Waals surface area contributed by atoms with Crippen LogP contribution in [0.2, 0.25) is 0 Å². The molecule has 19 heavy (non-hydrogen) atoms. The van der Waals surface area contributed by atoms with Crippen molar-refractivity contribution in [1.29, 1.82) is 0 Å². The third-order valence-corrected chi connectivity index (χ3v) is 3.86. The zero-order valence-corrected chi connectivity index (χ0v) is 11.6. The Morgan fingerprint density at radius 3 is 2.11 bits per heavy atom. The van der Waals surface area contributed by atoms with E-state index in [0.29, 0.717) is 17.2 Å². The number of benzene rings is 1. The van der Waals surface area contributed by atoms with Crippen LogP contribution in [0.5, 0.6) is 11.5 Å². The van der Waals surface area contributed by atoms with E-state index in [2.05, 4.69) is 0 Å². The lowest BCUT2D eigenvalue weighted by Gasteiger charge is -2.32. The van der Waals surface area contributed by atoms with Crippen molar-refractivity contribution in [3.05, 3.63) is 36.2 Å². The van der Waals surface area contributed by atoms with Crippen molar-refractivity contribution in [2.75, 3.05) is 0 Å². The summed E-state index contributed by atoms with van der Waals surface area (Å²) in [6.07, 6.45) is 1.55. The highest BCUT2D eigenvalue weighted by molar-refractivity contribution is 6.53. The minimum Gasteiger partial charge on any atom is -0.458 e. The monoisotopic (exact) mass is 260 g/mol. The molecule has 4 nitrogen and oxygen atoms in total. The number of hydrogen-bond acceptors (Lipinski definition) is 4. The Labute approximate surface area is 113 Å². The number of hydrogen-bond donors (Lipinski definition) is 0. The number of fused-ring (bicyclic) bond motifs is 1. The van der Waals surface area contributed by atoms with Crippen LogP contribution in [0.25, 0.3) is 0 Å². The van der Waals surface area contributed by atoms with Crippen LogP contribution in [0.4, 0.5) is 0 Å². The van der Waals surface area contributed by atoms with E-state index in [1.807, 2.05) is 52.0 Å². The van der Waals surface area contributed by atoms with E-state index in [1.54, 1.807) is 6.26 Å². The fourth-order valence-corrected chi connectivity index (χ4v) is 1.97. The Morgan fingerprint density at radius 2 is 1.47 bits per heavy atom. The lowest BCUT2D eigenvalue weighted by Crippen LogP contribution is -2.41. The Balaban J connectivity index is 1.82. The van der Waals surface area contributed by atoms with E-state index >= 15 is 0 Å².